The van der Waals surface area contributed by atoms with E-state index in [2.05, 4.69) is 5.43 Å². The third-order valence-electron chi connectivity index (χ3n) is 2.56. The van der Waals surface area contributed by atoms with Gasteiger partial charge in [0.05, 0.1) is 6.04 Å². The van der Waals surface area contributed by atoms with Crippen molar-refractivity contribution in [1.82, 2.24) is 10.3 Å². The topological polar surface area (TPSA) is 58.4 Å². The van der Waals surface area contributed by atoms with Crippen molar-refractivity contribution < 1.29 is 9.18 Å². The summed E-state index contributed by atoms with van der Waals surface area (Å²) in [7, 11) is 1.74. The molecule has 5 heteroatoms. The Morgan fingerprint density at radius 2 is 2.19 bits per heavy atom. The predicted molar refractivity (Wildman–Crippen MR) is 59.7 cm³/mol. The van der Waals surface area contributed by atoms with E-state index in [1.165, 1.54) is 6.07 Å². The molecule has 0 aliphatic carbocycles. The maximum absolute atomic E-state index is 13.3. The van der Waals surface area contributed by atoms with Crippen molar-refractivity contribution in [2.45, 2.75) is 19.5 Å². The van der Waals surface area contributed by atoms with Gasteiger partial charge in [-0.2, -0.15) is 0 Å². The lowest BCUT2D eigenvalue weighted by atomic mass is 10.2. The summed E-state index contributed by atoms with van der Waals surface area (Å²) in [6.45, 7) is 2.07. The zero-order valence-corrected chi connectivity index (χ0v) is 9.40. The Labute approximate surface area is 94.2 Å². The number of likely N-dealkylation sites (N-methyl/N-ethyl adjacent to an activating group) is 1. The lowest BCUT2D eigenvalue weighted by molar-refractivity contribution is -0.125. The lowest BCUT2D eigenvalue weighted by Crippen LogP contribution is -2.45. The summed E-state index contributed by atoms with van der Waals surface area (Å²) in [5.74, 6) is 4.47. The molecule has 1 aromatic carbocycles. The molecule has 3 N–H and O–H groups in total. The number of halogens is 1. The van der Waals surface area contributed by atoms with Crippen LogP contribution in [0.25, 0.3) is 0 Å². The van der Waals surface area contributed by atoms with E-state index in [0.29, 0.717) is 12.1 Å². The van der Waals surface area contributed by atoms with Crippen molar-refractivity contribution in [3.8, 4) is 0 Å². The van der Waals surface area contributed by atoms with Crippen molar-refractivity contribution in [2.75, 3.05) is 7.05 Å². The summed E-state index contributed by atoms with van der Waals surface area (Å²) in [5, 5.41) is 0. The highest BCUT2D eigenvalue weighted by Crippen LogP contribution is 2.10. The molecule has 1 unspecified atom stereocenters. The summed E-state index contributed by atoms with van der Waals surface area (Å²) in [6.07, 6.45) is 0. The highest BCUT2D eigenvalue weighted by atomic mass is 19.1. The molecule has 16 heavy (non-hydrogen) atoms. The standard InChI is InChI=1S/C11H16FN3O/c1-8(11(16)14-13)15(2)7-9-5-3-4-6-10(9)12/h3-6,8H,7,13H2,1-2H3,(H,14,16). The van der Waals surface area contributed by atoms with Crippen LogP contribution in [-0.4, -0.2) is 23.9 Å². The van der Waals surface area contributed by atoms with Gasteiger partial charge in [-0.3, -0.25) is 15.1 Å². The van der Waals surface area contributed by atoms with Gasteiger partial charge < -0.3 is 0 Å². The second-order valence-electron chi connectivity index (χ2n) is 3.69. The molecule has 0 aromatic heterocycles. The first kappa shape index (κ1) is 12.6. The molecule has 0 aliphatic heterocycles. The van der Waals surface area contributed by atoms with Gasteiger partial charge in [0.2, 0.25) is 0 Å². The second-order valence-corrected chi connectivity index (χ2v) is 3.69. The van der Waals surface area contributed by atoms with Gasteiger partial charge in [0.25, 0.3) is 5.91 Å². The second kappa shape index (κ2) is 5.58. The fourth-order valence-electron chi connectivity index (χ4n) is 1.35. The molecule has 0 aliphatic rings. The third kappa shape index (κ3) is 3.01. The van der Waals surface area contributed by atoms with E-state index < -0.39 is 6.04 Å². The van der Waals surface area contributed by atoms with E-state index >= 15 is 0 Å². The van der Waals surface area contributed by atoms with Crippen LogP contribution in [-0.2, 0) is 11.3 Å². The molecule has 0 saturated heterocycles. The largest absolute Gasteiger partial charge is 0.293 e. The van der Waals surface area contributed by atoms with E-state index in [1.807, 2.05) is 0 Å². The minimum absolute atomic E-state index is 0.269. The van der Waals surface area contributed by atoms with Gasteiger partial charge in [-0.05, 0) is 20.0 Å². The number of benzene rings is 1. The Hall–Kier alpha value is -1.46. The molecule has 0 spiro atoms. The number of nitrogens with one attached hydrogen (secondary N) is 1. The van der Waals surface area contributed by atoms with Crippen molar-refractivity contribution in [3.05, 3.63) is 35.6 Å². The molecule has 4 nitrogen and oxygen atoms in total. The molecule has 0 bridgehead atoms. The van der Waals surface area contributed by atoms with Crippen LogP contribution >= 0.6 is 0 Å². The van der Waals surface area contributed by atoms with Crippen LogP contribution < -0.4 is 11.3 Å². The normalized spacial score (nSPS) is 12.6. The summed E-state index contributed by atoms with van der Waals surface area (Å²) in [6, 6.07) is 6.09. The van der Waals surface area contributed by atoms with Crippen LogP contribution in [0.15, 0.2) is 24.3 Å². The molecule has 88 valence electrons. The predicted octanol–water partition coefficient (Wildman–Crippen LogP) is 0.636. The quantitative estimate of drug-likeness (QED) is 0.449. The van der Waals surface area contributed by atoms with Crippen molar-refractivity contribution in [3.63, 3.8) is 0 Å². The zero-order valence-electron chi connectivity index (χ0n) is 9.40. The van der Waals surface area contributed by atoms with E-state index in [-0.39, 0.29) is 11.7 Å². The Bertz CT molecular complexity index is 370. The first-order chi connectivity index (χ1) is 7.56. The summed E-state index contributed by atoms with van der Waals surface area (Å²) < 4.78 is 13.3. The highest BCUT2D eigenvalue weighted by molar-refractivity contribution is 5.80. The minimum atomic E-state index is -0.399. The number of rotatable bonds is 4. The minimum Gasteiger partial charge on any atom is -0.293 e. The van der Waals surface area contributed by atoms with E-state index in [9.17, 15) is 9.18 Å². The number of nitrogens with two attached hydrogens (primary N) is 1. The molecule has 0 radical (unpaired) electrons. The van der Waals surface area contributed by atoms with Crippen LogP contribution in [0.2, 0.25) is 0 Å². The van der Waals surface area contributed by atoms with Gasteiger partial charge in [-0.1, -0.05) is 18.2 Å². The summed E-state index contributed by atoms with van der Waals surface area (Å²) in [5.41, 5.74) is 2.63. The van der Waals surface area contributed by atoms with Crippen molar-refractivity contribution >= 4 is 5.91 Å². The Morgan fingerprint density at radius 3 is 2.75 bits per heavy atom. The van der Waals surface area contributed by atoms with Crippen molar-refractivity contribution in [2.24, 2.45) is 5.84 Å². The van der Waals surface area contributed by atoms with Crippen LogP contribution in [0.3, 0.4) is 0 Å². The maximum Gasteiger partial charge on any atom is 0.250 e. The molecular formula is C11H16FN3O. The fraction of sp³-hybridized carbons (Fsp3) is 0.364. The molecule has 0 fully saturated rings. The fourth-order valence-corrected chi connectivity index (χ4v) is 1.35. The molecule has 1 aromatic rings. The van der Waals surface area contributed by atoms with Gasteiger partial charge in [-0.25, -0.2) is 10.2 Å². The Morgan fingerprint density at radius 1 is 1.56 bits per heavy atom. The number of carbonyl (C=O) groups is 1. The average molecular weight is 225 g/mol. The number of nitrogens with zero attached hydrogens (tertiary/aromatic N) is 1. The van der Waals surface area contributed by atoms with Gasteiger partial charge in [-0.15, -0.1) is 0 Å². The smallest absolute Gasteiger partial charge is 0.250 e. The number of amides is 1. The SMILES string of the molecule is CC(C(=O)NN)N(C)Cc1ccccc1F. The first-order valence-corrected chi connectivity index (χ1v) is 5.00. The van der Waals surface area contributed by atoms with Crippen LogP contribution in [0, 0.1) is 5.82 Å². The Balaban J connectivity index is 2.68. The third-order valence-corrected chi connectivity index (χ3v) is 2.56. The van der Waals surface area contributed by atoms with Gasteiger partial charge in [0.15, 0.2) is 0 Å². The highest BCUT2D eigenvalue weighted by Gasteiger charge is 2.17. The zero-order chi connectivity index (χ0) is 12.1. The molecule has 1 amide bonds. The summed E-state index contributed by atoms with van der Waals surface area (Å²) >= 11 is 0. The number of hydrogen-bond acceptors (Lipinski definition) is 3. The first-order valence-electron chi connectivity index (χ1n) is 5.00. The molecular weight excluding hydrogens is 209 g/mol. The van der Waals surface area contributed by atoms with Gasteiger partial charge in [0.1, 0.15) is 5.82 Å². The number of carbonyl (C=O) groups excluding carboxylic acids is 1. The molecule has 1 atom stereocenters. The average Bonchev–Trinajstić information content (AvgIpc) is 2.30. The van der Waals surface area contributed by atoms with Crippen LogP contribution in [0.1, 0.15) is 12.5 Å². The molecule has 0 saturated carbocycles. The van der Waals surface area contributed by atoms with Crippen LogP contribution in [0.4, 0.5) is 4.39 Å². The summed E-state index contributed by atoms with van der Waals surface area (Å²) in [4.78, 5) is 13.0. The van der Waals surface area contributed by atoms with E-state index in [0.717, 1.165) is 0 Å². The maximum atomic E-state index is 13.3. The van der Waals surface area contributed by atoms with Crippen LogP contribution in [0.5, 0.6) is 0 Å². The van der Waals surface area contributed by atoms with E-state index in [1.54, 1.807) is 37.1 Å². The molecule has 0 heterocycles. The monoisotopic (exact) mass is 225 g/mol. The molecule has 1 rings (SSSR count). The lowest BCUT2D eigenvalue weighted by Gasteiger charge is -2.23. The van der Waals surface area contributed by atoms with Crippen molar-refractivity contribution in [1.29, 1.82) is 0 Å². The number of hydrazine groups is 1. The van der Waals surface area contributed by atoms with Gasteiger partial charge in [0, 0.05) is 12.1 Å². The van der Waals surface area contributed by atoms with E-state index in [4.69, 9.17) is 5.84 Å². The Kier molecular flexibility index (Phi) is 4.39. The number of hydrogen-bond donors (Lipinski definition) is 2. The van der Waals surface area contributed by atoms with Gasteiger partial charge >= 0.3 is 0 Å².